The molecule has 2 heteroatoms. The van der Waals surface area contributed by atoms with Crippen molar-refractivity contribution in [2.24, 2.45) is 5.16 Å². The predicted octanol–water partition coefficient (Wildman–Crippen LogP) is 2.67. The molecular weight excluding hydrogens is 162 g/mol. The van der Waals surface area contributed by atoms with Gasteiger partial charge < -0.3 is 4.84 Å². The summed E-state index contributed by atoms with van der Waals surface area (Å²) < 4.78 is 0. The highest BCUT2D eigenvalue weighted by atomic mass is 16.6. The molecule has 0 N–H and O–H groups in total. The Morgan fingerprint density at radius 1 is 1.31 bits per heavy atom. The number of oxime groups is 1. The third-order valence-electron chi connectivity index (χ3n) is 2.22. The lowest BCUT2D eigenvalue weighted by Crippen LogP contribution is -1.99. The van der Waals surface area contributed by atoms with Crippen LogP contribution in [0.15, 0.2) is 23.4 Å². The van der Waals surface area contributed by atoms with Crippen molar-refractivity contribution in [1.29, 1.82) is 0 Å². The lowest BCUT2D eigenvalue weighted by molar-refractivity contribution is 0.213. The molecule has 13 heavy (non-hydrogen) atoms. The van der Waals surface area contributed by atoms with Crippen molar-refractivity contribution < 1.29 is 4.84 Å². The summed E-state index contributed by atoms with van der Waals surface area (Å²) in [4.78, 5) is 4.74. The molecular formula is C11H15NO. The highest BCUT2D eigenvalue weighted by Gasteiger charge is 2.03. The van der Waals surface area contributed by atoms with Crippen LogP contribution < -0.4 is 0 Å². The molecule has 0 aliphatic rings. The lowest BCUT2D eigenvalue weighted by atomic mass is 10.0. The summed E-state index contributed by atoms with van der Waals surface area (Å²) in [7, 11) is 1.56. The summed E-state index contributed by atoms with van der Waals surface area (Å²) >= 11 is 0. The second-order valence-corrected chi connectivity index (χ2v) is 3.11. The number of hydrogen-bond donors (Lipinski definition) is 0. The molecule has 0 heterocycles. The summed E-state index contributed by atoms with van der Waals surface area (Å²) in [6, 6.07) is 6.19. The van der Waals surface area contributed by atoms with Crippen LogP contribution >= 0.6 is 0 Å². The van der Waals surface area contributed by atoms with Crippen LogP contribution in [0.1, 0.15) is 23.6 Å². The fourth-order valence-corrected chi connectivity index (χ4v) is 1.33. The maximum atomic E-state index is 4.74. The quantitative estimate of drug-likeness (QED) is 0.502. The smallest absolute Gasteiger partial charge is 0.106 e. The van der Waals surface area contributed by atoms with Crippen LogP contribution in [0.25, 0.3) is 0 Å². The van der Waals surface area contributed by atoms with Gasteiger partial charge in [0.05, 0.1) is 5.71 Å². The summed E-state index contributed by atoms with van der Waals surface area (Å²) in [5.74, 6) is 0. The van der Waals surface area contributed by atoms with Gasteiger partial charge in [-0.1, -0.05) is 23.4 Å². The zero-order valence-electron chi connectivity index (χ0n) is 8.59. The fraction of sp³-hybridized carbons (Fsp3) is 0.364. The SMILES string of the molecule is CON=C(C)c1cccc(C)c1C. The van der Waals surface area contributed by atoms with Crippen LogP contribution in [-0.4, -0.2) is 12.8 Å². The van der Waals surface area contributed by atoms with Crippen LogP contribution in [0, 0.1) is 13.8 Å². The van der Waals surface area contributed by atoms with E-state index in [0.717, 1.165) is 11.3 Å². The molecule has 1 aromatic carbocycles. The number of nitrogens with zero attached hydrogens (tertiary/aromatic N) is 1. The van der Waals surface area contributed by atoms with Gasteiger partial charge >= 0.3 is 0 Å². The van der Waals surface area contributed by atoms with Gasteiger partial charge in [0.2, 0.25) is 0 Å². The van der Waals surface area contributed by atoms with E-state index in [-0.39, 0.29) is 0 Å². The monoisotopic (exact) mass is 177 g/mol. The molecule has 0 fully saturated rings. The molecule has 0 amide bonds. The van der Waals surface area contributed by atoms with E-state index in [2.05, 4.69) is 31.1 Å². The van der Waals surface area contributed by atoms with Gasteiger partial charge in [-0.15, -0.1) is 0 Å². The third-order valence-corrected chi connectivity index (χ3v) is 2.22. The summed E-state index contributed by atoms with van der Waals surface area (Å²) in [6.45, 7) is 6.14. The number of benzene rings is 1. The average Bonchev–Trinajstić information content (AvgIpc) is 2.10. The van der Waals surface area contributed by atoms with Crippen molar-refractivity contribution in [3.63, 3.8) is 0 Å². The first-order valence-corrected chi connectivity index (χ1v) is 4.31. The first-order valence-electron chi connectivity index (χ1n) is 4.31. The van der Waals surface area contributed by atoms with Crippen molar-refractivity contribution in [3.05, 3.63) is 34.9 Å². The normalized spacial score (nSPS) is 11.5. The molecule has 0 saturated carbocycles. The first-order chi connectivity index (χ1) is 6.16. The number of aryl methyl sites for hydroxylation is 1. The van der Waals surface area contributed by atoms with Gasteiger partial charge in [-0.2, -0.15) is 0 Å². The van der Waals surface area contributed by atoms with Gasteiger partial charge in [-0.05, 0) is 31.9 Å². The molecule has 2 nitrogen and oxygen atoms in total. The first kappa shape index (κ1) is 9.78. The molecule has 1 rings (SSSR count). The Bertz CT molecular complexity index is 329. The fourth-order valence-electron chi connectivity index (χ4n) is 1.33. The molecule has 0 spiro atoms. The second kappa shape index (κ2) is 4.08. The second-order valence-electron chi connectivity index (χ2n) is 3.11. The van der Waals surface area contributed by atoms with Gasteiger partial charge in [0, 0.05) is 5.56 Å². The molecule has 70 valence electrons. The van der Waals surface area contributed by atoms with Crippen LogP contribution in [0.3, 0.4) is 0 Å². The predicted molar refractivity (Wildman–Crippen MR) is 55.1 cm³/mol. The van der Waals surface area contributed by atoms with E-state index in [1.807, 2.05) is 13.0 Å². The van der Waals surface area contributed by atoms with Crippen molar-refractivity contribution in [2.45, 2.75) is 20.8 Å². The highest BCUT2D eigenvalue weighted by molar-refractivity contribution is 5.99. The zero-order chi connectivity index (χ0) is 9.84. The Balaban J connectivity index is 3.15. The van der Waals surface area contributed by atoms with E-state index in [0.29, 0.717) is 0 Å². The van der Waals surface area contributed by atoms with Crippen molar-refractivity contribution in [2.75, 3.05) is 7.11 Å². The largest absolute Gasteiger partial charge is 0.399 e. The maximum absolute atomic E-state index is 4.74. The van der Waals surface area contributed by atoms with E-state index in [1.54, 1.807) is 7.11 Å². The minimum atomic E-state index is 0.920. The van der Waals surface area contributed by atoms with Gasteiger partial charge in [0.1, 0.15) is 7.11 Å². The van der Waals surface area contributed by atoms with E-state index < -0.39 is 0 Å². The summed E-state index contributed by atoms with van der Waals surface area (Å²) in [5.41, 5.74) is 4.62. The molecule has 0 radical (unpaired) electrons. The zero-order valence-corrected chi connectivity index (χ0v) is 8.59. The Morgan fingerprint density at radius 2 is 2.00 bits per heavy atom. The van der Waals surface area contributed by atoms with E-state index in [1.165, 1.54) is 11.1 Å². The standard InChI is InChI=1S/C11H15NO/c1-8-6-5-7-11(9(8)2)10(3)12-13-4/h5-7H,1-4H3. The molecule has 0 saturated heterocycles. The minimum Gasteiger partial charge on any atom is -0.399 e. The number of hydrogen-bond acceptors (Lipinski definition) is 2. The van der Waals surface area contributed by atoms with Gasteiger partial charge in [-0.3, -0.25) is 0 Å². The Hall–Kier alpha value is -1.31. The van der Waals surface area contributed by atoms with Crippen molar-refractivity contribution in [1.82, 2.24) is 0 Å². The summed E-state index contributed by atoms with van der Waals surface area (Å²) in [5, 5.41) is 3.91. The molecule has 0 aliphatic heterocycles. The molecule has 0 bridgehead atoms. The molecule has 0 aromatic heterocycles. The van der Waals surface area contributed by atoms with E-state index in [9.17, 15) is 0 Å². The van der Waals surface area contributed by atoms with E-state index in [4.69, 9.17) is 4.84 Å². The van der Waals surface area contributed by atoms with Crippen molar-refractivity contribution >= 4 is 5.71 Å². The molecule has 1 aromatic rings. The van der Waals surface area contributed by atoms with Gasteiger partial charge in [0.25, 0.3) is 0 Å². The van der Waals surface area contributed by atoms with Crippen LogP contribution in [0.5, 0.6) is 0 Å². The topological polar surface area (TPSA) is 21.6 Å². The molecule has 0 unspecified atom stereocenters. The van der Waals surface area contributed by atoms with Crippen LogP contribution in [0.2, 0.25) is 0 Å². The highest BCUT2D eigenvalue weighted by Crippen LogP contribution is 2.13. The average molecular weight is 177 g/mol. The number of rotatable bonds is 2. The maximum Gasteiger partial charge on any atom is 0.106 e. The Morgan fingerprint density at radius 3 is 2.62 bits per heavy atom. The van der Waals surface area contributed by atoms with Crippen LogP contribution in [0.4, 0.5) is 0 Å². The van der Waals surface area contributed by atoms with E-state index >= 15 is 0 Å². The molecule has 0 atom stereocenters. The third kappa shape index (κ3) is 2.08. The Kier molecular flexibility index (Phi) is 3.07. The molecule has 0 aliphatic carbocycles. The van der Waals surface area contributed by atoms with Gasteiger partial charge in [-0.25, -0.2) is 0 Å². The van der Waals surface area contributed by atoms with Crippen molar-refractivity contribution in [3.8, 4) is 0 Å². The van der Waals surface area contributed by atoms with Gasteiger partial charge in [0.15, 0.2) is 0 Å². The lowest BCUT2D eigenvalue weighted by Gasteiger charge is -2.06. The summed E-state index contributed by atoms with van der Waals surface area (Å²) in [6.07, 6.45) is 0. The van der Waals surface area contributed by atoms with Crippen LogP contribution in [-0.2, 0) is 4.84 Å². The Labute approximate surface area is 79.2 Å². The minimum absolute atomic E-state index is 0.920.